The highest BCUT2D eigenvalue weighted by Crippen LogP contribution is 2.17. The molecular weight excluding hydrogens is 266 g/mol. The van der Waals surface area contributed by atoms with Crippen molar-refractivity contribution in [1.82, 2.24) is 0 Å². The van der Waals surface area contributed by atoms with Gasteiger partial charge in [0.2, 0.25) is 0 Å². The van der Waals surface area contributed by atoms with Gasteiger partial charge in [0.25, 0.3) is 0 Å². The first kappa shape index (κ1) is 14.0. The van der Waals surface area contributed by atoms with Gasteiger partial charge in [-0.25, -0.2) is 0 Å². The molecule has 0 saturated carbocycles. The van der Waals surface area contributed by atoms with E-state index in [0.29, 0.717) is 17.7 Å². The molecule has 0 unspecified atom stereocenters. The van der Waals surface area contributed by atoms with Crippen LogP contribution in [0.1, 0.15) is 16.7 Å². The highest BCUT2D eigenvalue weighted by molar-refractivity contribution is 7.98. The number of thioether (sulfide) groups is 1. The molecule has 0 aliphatic carbocycles. The van der Waals surface area contributed by atoms with Crippen molar-refractivity contribution >= 4 is 17.4 Å². The van der Waals surface area contributed by atoms with Crippen LogP contribution in [0.25, 0.3) is 0 Å². The molecule has 98 valence electrons. The van der Waals surface area contributed by atoms with Crippen LogP contribution in [0, 0.1) is 22.7 Å². The zero-order chi connectivity index (χ0) is 14.4. The third kappa shape index (κ3) is 3.32. The van der Waals surface area contributed by atoms with Gasteiger partial charge in [-0.05, 0) is 42.2 Å². The van der Waals surface area contributed by atoms with E-state index in [2.05, 4.69) is 29.6 Å². The molecule has 0 atom stereocenters. The molecule has 0 saturated heterocycles. The number of nitrogens with zero attached hydrogens (tertiary/aromatic N) is 2. The van der Waals surface area contributed by atoms with E-state index in [1.165, 1.54) is 10.5 Å². The molecule has 0 aromatic heterocycles. The van der Waals surface area contributed by atoms with Gasteiger partial charge in [0.15, 0.2) is 0 Å². The molecule has 2 aromatic rings. The molecule has 0 fully saturated rings. The van der Waals surface area contributed by atoms with Crippen LogP contribution in [-0.4, -0.2) is 6.26 Å². The molecule has 20 heavy (non-hydrogen) atoms. The van der Waals surface area contributed by atoms with Gasteiger partial charge in [0.05, 0.1) is 11.1 Å². The quantitative estimate of drug-likeness (QED) is 0.866. The lowest BCUT2D eigenvalue weighted by Crippen LogP contribution is -2.00. The van der Waals surface area contributed by atoms with Crippen LogP contribution in [0.3, 0.4) is 0 Å². The summed E-state index contributed by atoms with van der Waals surface area (Å²) in [6, 6.07) is 17.5. The number of benzene rings is 2. The smallest absolute Gasteiger partial charge is 0.101 e. The number of hydrogen-bond donors (Lipinski definition) is 1. The first-order valence-corrected chi connectivity index (χ1v) is 7.30. The van der Waals surface area contributed by atoms with Crippen molar-refractivity contribution < 1.29 is 0 Å². The van der Waals surface area contributed by atoms with E-state index in [0.717, 1.165) is 5.69 Å². The van der Waals surface area contributed by atoms with Crippen LogP contribution in [0.5, 0.6) is 0 Å². The SMILES string of the molecule is CSc1ccc(CNc2ccc(C#N)c(C#N)c2)cc1. The Labute approximate surface area is 122 Å². The Bertz CT molecular complexity index is 678. The maximum Gasteiger partial charge on any atom is 0.101 e. The van der Waals surface area contributed by atoms with Crippen LogP contribution < -0.4 is 5.32 Å². The summed E-state index contributed by atoms with van der Waals surface area (Å²) in [7, 11) is 0. The summed E-state index contributed by atoms with van der Waals surface area (Å²) in [6.45, 7) is 0.686. The Hall–Kier alpha value is -2.43. The van der Waals surface area contributed by atoms with Crippen LogP contribution >= 0.6 is 11.8 Å². The molecule has 0 spiro atoms. The number of nitrogens with one attached hydrogen (secondary N) is 1. The average molecular weight is 279 g/mol. The third-order valence-corrected chi connectivity index (χ3v) is 3.66. The minimum atomic E-state index is 0.398. The fourth-order valence-electron chi connectivity index (χ4n) is 1.79. The molecular formula is C16H13N3S. The van der Waals surface area contributed by atoms with Crippen molar-refractivity contribution in [3.05, 3.63) is 59.2 Å². The molecule has 1 N–H and O–H groups in total. The summed E-state index contributed by atoms with van der Waals surface area (Å²) in [4.78, 5) is 1.24. The van der Waals surface area contributed by atoms with Crippen molar-refractivity contribution in [3.63, 3.8) is 0 Å². The zero-order valence-electron chi connectivity index (χ0n) is 11.1. The van der Waals surface area contributed by atoms with E-state index in [4.69, 9.17) is 10.5 Å². The Morgan fingerprint density at radius 3 is 2.30 bits per heavy atom. The predicted octanol–water partition coefficient (Wildman–Crippen LogP) is 3.76. The summed E-state index contributed by atoms with van der Waals surface area (Å²) in [6.07, 6.45) is 2.05. The number of nitriles is 2. The zero-order valence-corrected chi connectivity index (χ0v) is 11.9. The third-order valence-electron chi connectivity index (χ3n) is 2.92. The van der Waals surface area contributed by atoms with E-state index >= 15 is 0 Å². The van der Waals surface area contributed by atoms with Gasteiger partial charge in [0, 0.05) is 17.1 Å². The lowest BCUT2D eigenvalue weighted by Gasteiger charge is -2.08. The highest BCUT2D eigenvalue weighted by Gasteiger charge is 2.02. The fraction of sp³-hybridized carbons (Fsp3) is 0.125. The fourth-order valence-corrected chi connectivity index (χ4v) is 2.20. The average Bonchev–Trinajstić information content (AvgIpc) is 2.53. The molecule has 0 radical (unpaired) electrons. The van der Waals surface area contributed by atoms with Crippen LogP contribution in [0.15, 0.2) is 47.4 Å². The van der Waals surface area contributed by atoms with E-state index in [-0.39, 0.29) is 0 Å². The predicted molar refractivity (Wildman–Crippen MR) is 81.4 cm³/mol. The second kappa shape index (κ2) is 6.65. The van der Waals surface area contributed by atoms with Crippen LogP contribution in [-0.2, 0) is 6.54 Å². The summed E-state index contributed by atoms with van der Waals surface area (Å²) in [5.74, 6) is 0. The lowest BCUT2D eigenvalue weighted by atomic mass is 10.1. The van der Waals surface area contributed by atoms with Crippen molar-refractivity contribution in [2.24, 2.45) is 0 Å². The van der Waals surface area contributed by atoms with Crippen LogP contribution in [0.2, 0.25) is 0 Å². The molecule has 2 aromatic carbocycles. The van der Waals surface area contributed by atoms with Gasteiger partial charge in [-0.3, -0.25) is 0 Å². The molecule has 3 nitrogen and oxygen atoms in total. The summed E-state index contributed by atoms with van der Waals surface area (Å²) in [5.41, 5.74) is 2.82. The minimum absolute atomic E-state index is 0.398. The van der Waals surface area contributed by atoms with Crippen molar-refractivity contribution in [2.45, 2.75) is 11.4 Å². The van der Waals surface area contributed by atoms with Gasteiger partial charge in [-0.1, -0.05) is 12.1 Å². The van der Waals surface area contributed by atoms with E-state index in [1.807, 2.05) is 24.5 Å². The number of hydrogen-bond acceptors (Lipinski definition) is 4. The summed E-state index contributed by atoms with van der Waals surface area (Å²) < 4.78 is 0. The lowest BCUT2D eigenvalue weighted by molar-refractivity contribution is 1.14. The first-order valence-electron chi connectivity index (χ1n) is 6.08. The Morgan fingerprint density at radius 2 is 1.70 bits per heavy atom. The van der Waals surface area contributed by atoms with Gasteiger partial charge >= 0.3 is 0 Å². The van der Waals surface area contributed by atoms with E-state index in [1.54, 1.807) is 23.9 Å². The van der Waals surface area contributed by atoms with Gasteiger partial charge in [0.1, 0.15) is 12.1 Å². The van der Waals surface area contributed by atoms with Crippen molar-refractivity contribution in [3.8, 4) is 12.1 Å². The second-order valence-corrected chi connectivity index (χ2v) is 5.07. The Balaban J connectivity index is 2.07. The van der Waals surface area contributed by atoms with E-state index < -0.39 is 0 Å². The molecule has 0 heterocycles. The molecule has 0 amide bonds. The highest BCUT2D eigenvalue weighted by atomic mass is 32.2. The molecule has 4 heteroatoms. The minimum Gasteiger partial charge on any atom is -0.381 e. The molecule has 2 rings (SSSR count). The van der Waals surface area contributed by atoms with Gasteiger partial charge in [-0.15, -0.1) is 11.8 Å². The maximum absolute atomic E-state index is 8.99. The van der Waals surface area contributed by atoms with Crippen LogP contribution in [0.4, 0.5) is 5.69 Å². The summed E-state index contributed by atoms with van der Waals surface area (Å²) >= 11 is 1.71. The van der Waals surface area contributed by atoms with Crippen molar-refractivity contribution in [2.75, 3.05) is 11.6 Å². The number of anilines is 1. The largest absolute Gasteiger partial charge is 0.381 e. The standard InChI is InChI=1S/C16H13N3S/c1-20-16-6-2-12(3-7-16)11-19-15-5-4-13(9-17)14(8-15)10-18/h2-8,19H,11H2,1H3. The second-order valence-electron chi connectivity index (χ2n) is 4.19. The molecule has 0 aliphatic heterocycles. The van der Waals surface area contributed by atoms with Crippen molar-refractivity contribution in [1.29, 1.82) is 10.5 Å². The normalized spacial score (nSPS) is 9.55. The number of rotatable bonds is 4. The molecule has 0 aliphatic rings. The summed E-state index contributed by atoms with van der Waals surface area (Å²) in [5, 5.41) is 21.1. The Morgan fingerprint density at radius 1 is 1.00 bits per heavy atom. The topological polar surface area (TPSA) is 59.6 Å². The Kier molecular flexibility index (Phi) is 4.65. The van der Waals surface area contributed by atoms with Gasteiger partial charge in [-0.2, -0.15) is 10.5 Å². The van der Waals surface area contributed by atoms with E-state index in [9.17, 15) is 0 Å². The maximum atomic E-state index is 8.99. The molecule has 0 bridgehead atoms. The monoisotopic (exact) mass is 279 g/mol. The first-order chi connectivity index (χ1) is 9.76. The van der Waals surface area contributed by atoms with Gasteiger partial charge < -0.3 is 5.32 Å².